The average molecular weight is 270 g/mol. The van der Waals surface area contributed by atoms with Crippen LogP contribution in [0.3, 0.4) is 0 Å². The summed E-state index contributed by atoms with van der Waals surface area (Å²) in [5.74, 6) is 0. The normalized spacial score (nSPS) is 16.8. The monoisotopic (exact) mass is 270 g/mol. The van der Waals surface area contributed by atoms with Crippen molar-refractivity contribution in [1.82, 2.24) is 9.88 Å². The highest BCUT2D eigenvalue weighted by atomic mass is 15.3. The standard InChI is InChI=1S/C16H22N4/c1-2-7-19-8-10-20(11-9-19)16-4-3-15(17)13-5-6-18-12-14(13)16/h3-6,12H,2,7-11,17H2,1H3. The van der Waals surface area contributed by atoms with Crippen molar-refractivity contribution in [3.05, 3.63) is 30.6 Å². The zero-order valence-electron chi connectivity index (χ0n) is 12.0. The number of benzene rings is 1. The van der Waals surface area contributed by atoms with Gasteiger partial charge in [0.05, 0.1) is 0 Å². The molecule has 2 N–H and O–H groups in total. The number of aromatic nitrogens is 1. The SMILES string of the molecule is CCCN1CCN(c2ccc(N)c3ccncc23)CC1. The Kier molecular flexibility index (Phi) is 3.74. The maximum absolute atomic E-state index is 6.06. The van der Waals surface area contributed by atoms with Gasteiger partial charge >= 0.3 is 0 Å². The highest BCUT2D eigenvalue weighted by molar-refractivity contribution is 6.00. The summed E-state index contributed by atoms with van der Waals surface area (Å²) >= 11 is 0. The molecule has 0 aliphatic carbocycles. The third kappa shape index (κ3) is 2.43. The molecular formula is C16H22N4. The van der Waals surface area contributed by atoms with E-state index < -0.39 is 0 Å². The van der Waals surface area contributed by atoms with Gasteiger partial charge in [-0.2, -0.15) is 0 Å². The molecule has 0 unspecified atom stereocenters. The molecule has 4 nitrogen and oxygen atoms in total. The average Bonchev–Trinajstić information content (AvgIpc) is 2.49. The second kappa shape index (κ2) is 5.67. The summed E-state index contributed by atoms with van der Waals surface area (Å²) in [6, 6.07) is 6.15. The lowest BCUT2D eigenvalue weighted by Crippen LogP contribution is -2.46. The van der Waals surface area contributed by atoms with Gasteiger partial charge in [-0.25, -0.2) is 0 Å². The van der Waals surface area contributed by atoms with Crippen LogP contribution < -0.4 is 10.6 Å². The lowest BCUT2D eigenvalue weighted by Gasteiger charge is -2.36. The fourth-order valence-corrected chi connectivity index (χ4v) is 3.00. The van der Waals surface area contributed by atoms with Crippen LogP contribution in [0.4, 0.5) is 11.4 Å². The first-order valence-corrected chi connectivity index (χ1v) is 7.39. The second-order valence-electron chi connectivity index (χ2n) is 5.42. The fourth-order valence-electron chi connectivity index (χ4n) is 3.00. The largest absolute Gasteiger partial charge is 0.398 e. The van der Waals surface area contributed by atoms with Crippen LogP contribution in [-0.2, 0) is 0 Å². The first-order valence-electron chi connectivity index (χ1n) is 7.39. The molecule has 0 spiro atoms. The molecule has 1 fully saturated rings. The number of hydrogen-bond acceptors (Lipinski definition) is 4. The molecule has 0 atom stereocenters. The minimum Gasteiger partial charge on any atom is -0.398 e. The van der Waals surface area contributed by atoms with E-state index in [4.69, 9.17) is 5.73 Å². The Morgan fingerprint density at radius 3 is 2.65 bits per heavy atom. The van der Waals surface area contributed by atoms with Crippen molar-refractivity contribution >= 4 is 22.1 Å². The Bertz CT molecular complexity index is 588. The molecule has 1 saturated heterocycles. The predicted octanol–water partition coefficient (Wildman–Crippen LogP) is 2.35. The number of nitrogen functional groups attached to an aromatic ring is 1. The highest BCUT2D eigenvalue weighted by Gasteiger charge is 2.18. The summed E-state index contributed by atoms with van der Waals surface area (Å²) < 4.78 is 0. The Morgan fingerprint density at radius 2 is 1.90 bits per heavy atom. The van der Waals surface area contributed by atoms with Gasteiger partial charge < -0.3 is 10.6 Å². The van der Waals surface area contributed by atoms with Crippen LogP contribution in [0.1, 0.15) is 13.3 Å². The van der Waals surface area contributed by atoms with E-state index in [-0.39, 0.29) is 0 Å². The third-order valence-electron chi connectivity index (χ3n) is 4.08. The lowest BCUT2D eigenvalue weighted by atomic mass is 10.1. The van der Waals surface area contributed by atoms with Gasteiger partial charge in [0.2, 0.25) is 0 Å². The van der Waals surface area contributed by atoms with Crippen LogP contribution in [0.15, 0.2) is 30.6 Å². The molecule has 1 aromatic carbocycles. The Labute approximate surface area is 120 Å². The number of anilines is 2. The zero-order valence-corrected chi connectivity index (χ0v) is 12.0. The van der Waals surface area contributed by atoms with Gasteiger partial charge in [0.25, 0.3) is 0 Å². The van der Waals surface area contributed by atoms with E-state index in [2.05, 4.69) is 27.8 Å². The number of piperazine rings is 1. The van der Waals surface area contributed by atoms with Crippen LogP contribution in [-0.4, -0.2) is 42.6 Å². The van der Waals surface area contributed by atoms with E-state index >= 15 is 0 Å². The van der Waals surface area contributed by atoms with Crippen LogP contribution in [0.2, 0.25) is 0 Å². The van der Waals surface area contributed by atoms with Crippen LogP contribution in [0.25, 0.3) is 10.8 Å². The van der Waals surface area contributed by atoms with Gasteiger partial charge in [0, 0.05) is 60.7 Å². The molecule has 0 bridgehead atoms. The predicted molar refractivity (Wildman–Crippen MR) is 85.1 cm³/mol. The van der Waals surface area contributed by atoms with Crippen LogP contribution in [0, 0.1) is 0 Å². The van der Waals surface area contributed by atoms with E-state index in [1.807, 2.05) is 24.5 Å². The molecular weight excluding hydrogens is 248 g/mol. The van der Waals surface area contributed by atoms with E-state index in [1.165, 1.54) is 18.7 Å². The van der Waals surface area contributed by atoms with Crippen molar-refractivity contribution in [2.75, 3.05) is 43.4 Å². The summed E-state index contributed by atoms with van der Waals surface area (Å²) in [7, 11) is 0. The van der Waals surface area contributed by atoms with E-state index in [9.17, 15) is 0 Å². The quantitative estimate of drug-likeness (QED) is 0.870. The molecule has 2 aromatic rings. The molecule has 1 aliphatic heterocycles. The van der Waals surface area contributed by atoms with E-state index in [0.29, 0.717) is 0 Å². The molecule has 20 heavy (non-hydrogen) atoms. The zero-order chi connectivity index (χ0) is 13.9. The summed E-state index contributed by atoms with van der Waals surface area (Å²) in [6.45, 7) is 7.88. The van der Waals surface area contributed by atoms with Crippen molar-refractivity contribution in [1.29, 1.82) is 0 Å². The van der Waals surface area contributed by atoms with Crippen molar-refractivity contribution in [2.24, 2.45) is 0 Å². The first-order chi connectivity index (χ1) is 9.79. The fraction of sp³-hybridized carbons (Fsp3) is 0.438. The molecule has 106 valence electrons. The van der Waals surface area contributed by atoms with Crippen molar-refractivity contribution in [3.8, 4) is 0 Å². The first kappa shape index (κ1) is 13.2. The topological polar surface area (TPSA) is 45.4 Å². The summed E-state index contributed by atoms with van der Waals surface area (Å²) in [6.07, 6.45) is 4.97. The minimum atomic E-state index is 0.829. The molecule has 3 rings (SSSR count). The van der Waals surface area contributed by atoms with E-state index in [1.54, 1.807) is 0 Å². The summed E-state index contributed by atoms with van der Waals surface area (Å²) in [5.41, 5.74) is 8.15. The minimum absolute atomic E-state index is 0.829. The van der Waals surface area contributed by atoms with Gasteiger partial charge in [-0.15, -0.1) is 0 Å². The Morgan fingerprint density at radius 1 is 1.10 bits per heavy atom. The van der Waals surface area contributed by atoms with Gasteiger partial charge in [-0.05, 0) is 31.2 Å². The summed E-state index contributed by atoms with van der Waals surface area (Å²) in [4.78, 5) is 9.25. The molecule has 0 radical (unpaired) electrons. The number of pyridine rings is 1. The van der Waals surface area contributed by atoms with Crippen LogP contribution in [0.5, 0.6) is 0 Å². The number of nitrogens with zero attached hydrogens (tertiary/aromatic N) is 3. The molecule has 4 heteroatoms. The van der Waals surface area contributed by atoms with Gasteiger partial charge in [-0.3, -0.25) is 9.88 Å². The Balaban J connectivity index is 1.87. The van der Waals surface area contributed by atoms with Crippen molar-refractivity contribution in [3.63, 3.8) is 0 Å². The number of nitrogens with two attached hydrogens (primary N) is 1. The van der Waals surface area contributed by atoms with E-state index in [0.717, 1.165) is 42.6 Å². The molecule has 1 aliphatic rings. The van der Waals surface area contributed by atoms with Crippen molar-refractivity contribution in [2.45, 2.75) is 13.3 Å². The Hall–Kier alpha value is -1.81. The molecule has 1 aromatic heterocycles. The maximum atomic E-state index is 6.06. The smallest absolute Gasteiger partial charge is 0.0463 e. The number of hydrogen-bond donors (Lipinski definition) is 1. The molecule has 0 amide bonds. The maximum Gasteiger partial charge on any atom is 0.0463 e. The summed E-state index contributed by atoms with van der Waals surface area (Å²) in [5, 5.41) is 2.27. The molecule has 0 saturated carbocycles. The third-order valence-corrected chi connectivity index (χ3v) is 4.08. The highest BCUT2D eigenvalue weighted by Crippen LogP contribution is 2.30. The van der Waals surface area contributed by atoms with Gasteiger partial charge in [-0.1, -0.05) is 6.92 Å². The van der Waals surface area contributed by atoms with Gasteiger partial charge in [0.1, 0.15) is 0 Å². The number of fused-ring (bicyclic) bond motifs is 1. The van der Waals surface area contributed by atoms with Crippen LogP contribution >= 0.6 is 0 Å². The number of rotatable bonds is 3. The van der Waals surface area contributed by atoms with Crippen molar-refractivity contribution < 1.29 is 0 Å². The lowest BCUT2D eigenvalue weighted by molar-refractivity contribution is 0.258. The second-order valence-corrected chi connectivity index (χ2v) is 5.42. The van der Waals surface area contributed by atoms with Gasteiger partial charge in [0.15, 0.2) is 0 Å². The molecule has 2 heterocycles.